The van der Waals surface area contributed by atoms with Crippen molar-refractivity contribution in [3.05, 3.63) is 91.0 Å². The largest absolute Gasteiger partial charge is 0.481 e. The van der Waals surface area contributed by atoms with E-state index >= 15 is 0 Å². The smallest absolute Gasteiger partial charge is 0.225 e. The van der Waals surface area contributed by atoms with E-state index in [1.165, 1.54) is 18.2 Å². The van der Waals surface area contributed by atoms with Gasteiger partial charge in [-0.05, 0) is 30.3 Å². The topological polar surface area (TPSA) is 86.5 Å². The van der Waals surface area contributed by atoms with Gasteiger partial charge in [-0.15, -0.1) is 10.2 Å². The lowest BCUT2D eigenvalue weighted by Crippen LogP contribution is -2.05. The lowest BCUT2D eigenvalue weighted by molar-refractivity contribution is 0.386. The van der Waals surface area contributed by atoms with Crippen molar-refractivity contribution >= 4 is 15.4 Å². The van der Waals surface area contributed by atoms with Crippen molar-refractivity contribution in [2.24, 2.45) is 0 Å². The van der Waals surface area contributed by atoms with Gasteiger partial charge in [0.2, 0.25) is 15.7 Å². The Kier molecular flexibility index (Phi) is 4.91. The van der Waals surface area contributed by atoms with E-state index in [2.05, 4.69) is 10.2 Å². The summed E-state index contributed by atoms with van der Waals surface area (Å²) in [6.07, 6.45) is 0. The molecular weight excluding hydrogens is 424 g/mol. The molecule has 0 N–H and O–H groups in total. The second-order valence-corrected chi connectivity index (χ2v) is 8.92. The summed E-state index contributed by atoms with van der Waals surface area (Å²) >= 11 is 0. The minimum absolute atomic E-state index is 0.109. The van der Waals surface area contributed by atoms with E-state index < -0.39 is 9.84 Å². The molecule has 0 aliphatic carbocycles. The standard InChI is InChI=1S/C24H18N4O3S/c1-31-22-14-8-13-20-23(24(27-28(20)22)17-9-4-2-5-10-17)19-15-16-21(26-25-19)32(29,30)18-11-6-3-7-12-18/h2-16H,1H3. The fraction of sp³-hybridized carbons (Fsp3) is 0.0417. The van der Waals surface area contributed by atoms with Crippen molar-refractivity contribution in [1.29, 1.82) is 0 Å². The molecule has 0 spiro atoms. The van der Waals surface area contributed by atoms with Crippen LogP contribution in [0.3, 0.4) is 0 Å². The summed E-state index contributed by atoms with van der Waals surface area (Å²) in [6.45, 7) is 0. The molecule has 0 atom stereocenters. The highest BCUT2D eigenvalue weighted by Crippen LogP contribution is 2.35. The van der Waals surface area contributed by atoms with Crippen molar-refractivity contribution in [3.63, 3.8) is 0 Å². The van der Waals surface area contributed by atoms with Crippen LogP contribution in [0.4, 0.5) is 0 Å². The number of hydrogen-bond acceptors (Lipinski definition) is 6. The van der Waals surface area contributed by atoms with Gasteiger partial charge in [0, 0.05) is 11.6 Å². The summed E-state index contributed by atoms with van der Waals surface area (Å²) in [6, 6.07) is 26.6. The van der Waals surface area contributed by atoms with Crippen molar-refractivity contribution < 1.29 is 13.2 Å². The molecule has 3 aromatic heterocycles. The number of nitrogens with zero attached hydrogens (tertiary/aromatic N) is 4. The summed E-state index contributed by atoms with van der Waals surface area (Å²) in [5.41, 5.74) is 3.63. The van der Waals surface area contributed by atoms with Crippen molar-refractivity contribution in [2.75, 3.05) is 7.11 Å². The lowest BCUT2D eigenvalue weighted by atomic mass is 10.0. The molecule has 2 aromatic carbocycles. The molecule has 0 unspecified atom stereocenters. The van der Waals surface area contributed by atoms with Gasteiger partial charge >= 0.3 is 0 Å². The number of methoxy groups -OCH3 is 1. The predicted octanol–water partition coefficient (Wildman–Crippen LogP) is 4.30. The van der Waals surface area contributed by atoms with Crippen LogP contribution >= 0.6 is 0 Å². The summed E-state index contributed by atoms with van der Waals surface area (Å²) in [5, 5.41) is 13.0. The minimum Gasteiger partial charge on any atom is -0.481 e. The Hall–Kier alpha value is -4.04. The minimum atomic E-state index is -3.75. The Bertz CT molecular complexity index is 1500. The normalized spacial score (nSPS) is 11.5. The monoisotopic (exact) mass is 442 g/mol. The van der Waals surface area contributed by atoms with Gasteiger partial charge in [-0.25, -0.2) is 8.42 Å². The maximum absolute atomic E-state index is 12.9. The quantitative estimate of drug-likeness (QED) is 0.403. The Morgan fingerprint density at radius 2 is 1.50 bits per heavy atom. The first-order valence-electron chi connectivity index (χ1n) is 9.85. The highest BCUT2D eigenvalue weighted by Gasteiger charge is 2.23. The van der Waals surface area contributed by atoms with Gasteiger partial charge in [-0.3, -0.25) is 0 Å². The van der Waals surface area contributed by atoms with Crippen LogP contribution in [0.15, 0.2) is 101 Å². The third-order valence-corrected chi connectivity index (χ3v) is 6.77. The zero-order chi connectivity index (χ0) is 22.1. The summed E-state index contributed by atoms with van der Waals surface area (Å²) in [5.74, 6) is 0.571. The number of rotatable bonds is 5. The maximum Gasteiger partial charge on any atom is 0.225 e. The van der Waals surface area contributed by atoms with E-state index in [0.717, 1.165) is 16.6 Å². The third-order valence-electron chi connectivity index (χ3n) is 5.10. The first-order chi connectivity index (χ1) is 15.6. The number of aromatic nitrogens is 4. The molecule has 5 rings (SSSR count). The van der Waals surface area contributed by atoms with Crippen LogP contribution in [-0.4, -0.2) is 35.3 Å². The maximum atomic E-state index is 12.9. The Morgan fingerprint density at radius 3 is 2.16 bits per heavy atom. The molecule has 5 aromatic rings. The van der Waals surface area contributed by atoms with E-state index in [-0.39, 0.29) is 9.92 Å². The molecule has 0 aliphatic rings. The Balaban J connectivity index is 1.68. The highest BCUT2D eigenvalue weighted by atomic mass is 32.2. The average molecular weight is 443 g/mol. The zero-order valence-electron chi connectivity index (χ0n) is 17.1. The molecule has 0 fully saturated rings. The molecule has 158 valence electrons. The molecule has 0 aliphatic heterocycles. The van der Waals surface area contributed by atoms with Gasteiger partial charge in [-0.1, -0.05) is 54.6 Å². The van der Waals surface area contributed by atoms with Gasteiger partial charge < -0.3 is 4.74 Å². The van der Waals surface area contributed by atoms with Gasteiger partial charge in [0.1, 0.15) is 5.69 Å². The van der Waals surface area contributed by atoms with Crippen LogP contribution in [0.25, 0.3) is 28.0 Å². The van der Waals surface area contributed by atoms with E-state index in [1.807, 2.05) is 48.5 Å². The molecule has 3 heterocycles. The molecule has 0 amide bonds. The van der Waals surface area contributed by atoms with Gasteiger partial charge in [-0.2, -0.15) is 9.61 Å². The lowest BCUT2D eigenvalue weighted by Gasteiger charge is -2.06. The predicted molar refractivity (Wildman–Crippen MR) is 120 cm³/mol. The first-order valence-corrected chi connectivity index (χ1v) is 11.3. The van der Waals surface area contributed by atoms with Gasteiger partial charge in [0.05, 0.1) is 28.8 Å². The van der Waals surface area contributed by atoms with Gasteiger partial charge in [0.15, 0.2) is 5.03 Å². The molecule has 0 radical (unpaired) electrons. The van der Waals surface area contributed by atoms with E-state index in [1.54, 1.807) is 35.9 Å². The number of benzene rings is 2. The number of fused-ring (bicyclic) bond motifs is 1. The Morgan fingerprint density at radius 1 is 0.781 bits per heavy atom. The molecular formula is C24H18N4O3S. The van der Waals surface area contributed by atoms with E-state index in [4.69, 9.17) is 9.84 Å². The number of pyridine rings is 1. The van der Waals surface area contributed by atoms with Crippen molar-refractivity contribution in [1.82, 2.24) is 19.8 Å². The number of hydrogen-bond donors (Lipinski definition) is 0. The molecule has 32 heavy (non-hydrogen) atoms. The van der Waals surface area contributed by atoms with E-state index in [0.29, 0.717) is 17.3 Å². The molecule has 0 bridgehead atoms. The second kappa shape index (κ2) is 7.90. The Labute approximate surface area is 184 Å². The van der Waals surface area contributed by atoms with Crippen LogP contribution in [0.1, 0.15) is 0 Å². The zero-order valence-corrected chi connectivity index (χ0v) is 17.9. The molecule has 7 nitrogen and oxygen atoms in total. The van der Waals surface area contributed by atoms with E-state index in [9.17, 15) is 8.42 Å². The number of sulfone groups is 1. The van der Waals surface area contributed by atoms with Crippen LogP contribution in [0.5, 0.6) is 5.88 Å². The summed E-state index contributed by atoms with van der Waals surface area (Å²) in [4.78, 5) is 0.174. The van der Waals surface area contributed by atoms with Crippen LogP contribution in [0.2, 0.25) is 0 Å². The molecule has 0 saturated heterocycles. The van der Waals surface area contributed by atoms with Crippen LogP contribution < -0.4 is 4.74 Å². The second-order valence-electron chi connectivity index (χ2n) is 7.03. The van der Waals surface area contributed by atoms with Gasteiger partial charge in [0.25, 0.3) is 0 Å². The summed E-state index contributed by atoms with van der Waals surface area (Å²) < 4.78 is 32.9. The average Bonchev–Trinajstić information content (AvgIpc) is 3.25. The summed E-state index contributed by atoms with van der Waals surface area (Å²) in [7, 11) is -2.17. The third kappa shape index (κ3) is 3.30. The fourth-order valence-corrected chi connectivity index (χ4v) is 4.72. The molecule has 8 heteroatoms. The van der Waals surface area contributed by atoms with Crippen LogP contribution in [0, 0.1) is 0 Å². The first kappa shape index (κ1) is 19.9. The highest BCUT2D eigenvalue weighted by molar-refractivity contribution is 7.91. The van der Waals surface area contributed by atoms with Crippen molar-refractivity contribution in [3.8, 4) is 28.4 Å². The molecule has 0 saturated carbocycles. The number of ether oxygens (including phenoxy) is 1. The van der Waals surface area contributed by atoms with Crippen LogP contribution in [-0.2, 0) is 9.84 Å². The van der Waals surface area contributed by atoms with Crippen molar-refractivity contribution in [2.45, 2.75) is 9.92 Å². The SMILES string of the molecule is COc1cccc2c(-c3ccc(S(=O)(=O)c4ccccc4)nn3)c(-c3ccccc3)nn12. The fourth-order valence-electron chi connectivity index (χ4n) is 3.57.